The average molecular weight is 344 g/mol. The fourth-order valence-corrected chi connectivity index (χ4v) is 2.76. The zero-order chi connectivity index (χ0) is 18.1. The third-order valence-electron chi connectivity index (χ3n) is 4.06. The third kappa shape index (κ3) is 5.32. The van der Waals surface area contributed by atoms with E-state index < -0.39 is 0 Å². The monoisotopic (exact) mass is 344 g/mol. The number of nitrogens with zero attached hydrogens (tertiary/aromatic N) is 2. The largest absolute Gasteiger partial charge is 0.496 e. The van der Waals surface area contributed by atoms with Crippen molar-refractivity contribution in [3.05, 3.63) is 41.1 Å². The number of aliphatic hydroxyl groups excluding tert-OH is 1. The van der Waals surface area contributed by atoms with Crippen LogP contribution in [0.3, 0.4) is 0 Å². The minimum atomic E-state index is 0.122. The van der Waals surface area contributed by atoms with Crippen LogP contribution in [0.2, 0.25) is 0 Å². The van der Waals surface area contributed by atoms with Gasteiger partial charge in [0.2, 0.25) is 5.95 Å². The van der Waals surface area contributed by atoms with Crippen molar-refractivity contribution in [2.45, 2.75) is 39.0 Å². The summed E-state index contributed by atoms with van der Waals surface area (Å²) in [5, 5.41) is 12.6. The van der Waals surface area contributed by atoms with Crippen molar-refractivity contribution in [3.8, 4) is 5.75 Å². The molecule has 2 aromatic rings. The van der Waals surface area contributed by atoms with Gasteiger partial charge in [-0.25, -0.2) is 4.98 Å². The Morgan fingerprint density at radius 2 is 2.00 bits per heavy atom. The maximum Gasteiger partial charge on any atom is 0.222 e. The molecule has 0 radical (unpaired) electrons. The fourth-order valence-electron chi connectivity index (χ4n) is 2.76. The Morgan fingerprint density at radius 1 is 1.20 bits per heavy atom. The second-order valence-corrected chi connectivity index (χ2v) is 5.95. The van der Waals surface area contributed by atoms with Crippen LogP contribution >= 0.6 is 0 Å². The first-order valence-corrected chi connectivity index (χ1v) is 8.81. The van der Waals surface area contributed by atoms with Gasteiger partial charge in [0, 0.05) is 25.1 Å². The molecule has 0 fully saturated rings. The third-order valence-corrected chi connectivity index (χ3v) is 4.06. The zero-order valence-corrected chi connectivity index (χ0v) is 15.1. The molecule has 0 saturated carbocycles. The highest BCUT2D eigenvalue weighted by atomic mass is 16.5. The van der Waals surface area contributed by atoms with Gasteiger partial charge in [0.1, 0.15) is 11.6 Å². The number of hydrogen-bond acceptors (Lipinski definition) is 6. The molecule has 0 saturated heterocycles. The van der Waals surface area contributed by atoms with Crippen molar-refractivity contribution in [1.29, 1.82) is 0 Å². The molecule has 1 aromatic carbocycles. The SMILES string of the molecule is CCCCNc1nc(N)nc(CCCO)c1Cc1ccccc1OC. The predicted octanol–water partition coefficient (Wildman–Crippen LogP) is 2.80. The first kappa shape index (κ1) is 19.0. The molecule has 0 aliphatic heterocycles. The number of nitrogen functional groups attached to an aromatic ring is 1. The fraction of sp³-hybridized carbons (Fsp3) is 0.474. The number of para-hydroxylation sites is 1. The van der Waals surface area contributed by atoms with Gasteiger partial charge < -0.3 is 20.9 Å². The normalized spacial score (nSPS) is 10.7. The van der Waals surface area contributed by atoms with E-state index in [0.717, 1.165) is 47.8 Å². The van der Waals surface area contributed by atoms with Gasteiger partial charge >= 0.3 is 0 Å². The highest BCUT2D eigenvalue weighted by molar-refractivity contribution is 5.53. The van der Waals surface area contributed by atoms with E-state index >= 15 is 0 Å². The summed E-state index contributed by atoms with van der Waals surface area (Å²) < 4.78 is 5.47. The molecule has 6 heteroatoms. The molecule has 1 aromatic heterocycles. The average Bonchev–Trinajstić information content (AvgIpc) is 2.62. The van der Waals surface area contributed by atoms with E-state index in [9.17, 15) is 5.11 Å². The van der Waals surface area contributed by atoms with Crippen LogP contribution in [0.5, 0.6) is 5.75 Å². The minimum Gasteiger partial charge on any atom is -0.496 e. The topological polar surface area (TPSA) is 93.3 Å². The molecule has 0 aliphatic rings. The van der Waals surface area contributed by atoms with Crippen molar-refractivity contribution in [2.24, 2.45) is 0 Å². The summed E-state index contributed by atoms with van der Waals surface area (Å²) >= 11 is 0. The van der Waals surface area contributed by atoms with Gasteiger partial charge in [0.25, 0.3) is 0 Å². The molecule has 0 amide bonds. The quantitative estimate of drug-likeness (QED) is 0.574. The Hall–Kier alpha value is -2.34. The van der Waals surface area contributed by atoms with Gasteiger partial charge in [-0.15, -0.1) is 0 Å². The highest BCUT2D eigenvalue weighted by Crippen LogP contribution is 2.27. The number of methoxy groups -OCH3 is 1. The van der Waals surface area contributed by atoms with Crippen LogP contribution < -0.4 is 15.8 Å². The van der Waals surface area contributed by atoms with E-state index in [1.807, 2.05) is 24.3 Å². The van der Waals surface area contributed by atoms with Gasteiger partial charge in [-0.05, 0) is 30.9 Å². The van der Waals surface area contributed by atoms with Gasteiger partial charge in [-0.3, -0.25) is 0 Å². The van der Waals surface area contributed by atoms with E-state index in [0.29, 0.717) is 19.3 Å². The smallest absolute Gasteiger partial charge is 0.222 e. The Balaban J connectivity index is 2.39. The summed E-state index contributed by atoms with van der Waals surface area (Å²) in [6.45, 7) is 3.11. The summed E-state index contributed by atoms with van der Waals surface area (Å²) in [4.78, 5) is 8.84. The number of nitrogens with two attached hydrogens (primary N) is 1. The summed E-state index contributed by atoms with van der Waals surface area (Å²) in [7, 11) is 1.67. The standard InChI is InChI=1S/C19H28N4O2/c1-3-4-11-21-18-15(13-14-8-5-6-10-17(14)25-2)16(9-7-12-24)22-19(20)23-18/h5-6,8,10,24H,3-4,7,9,11-13H2,1-2H3,(H3,20,21,22,23). The number of benzene rings is 1. The van der Waals surface area contributed by atoms with Crippen LogP contribution in [-0.4, -0.2) is 35.3 Å². The van der Waals surface area contributed by atoms with Crippen LogP contribution in [0.15, 0.2) is 24.3 Å². The number of aryl methyl sites for hydroxylation is 1. The molecule has 0 unspecified atom stereocenters. The lowest BCUT2D eigenvalue weighted by atomic mass is 10.0. The van der Waals surface area contributed by atoms with Gasteiger partial charge in [0.15, 0.2) is 0 Å². The predicted molar refractivity (Wildman–Crippen MR) is 101 cm³/mol. The molecule has 0 aliphatic carbocycles. The number of unbranched alkanes of at least 4 members (excludes halogenated alkanes) is 1. The van der Waals surface area contributed by atoms with Gasteiger partial charge in [0.05, 0.1) is 12.8 Å². The second-order valence-electron chi connectivity index (χ2n) is 5.95. The molecular formula is C19H28N4O2. The van der Waals surface area contributed by atoms with Crippen LogP contribution in [-0.2, 0) is 12.8 Å². The van der Waals surface area contributed by atoms with Crippen molar-refractivity contribution in [3.63, 3.8) is 0 Å². The Labute approximate surface area is 149 Å². The summed E-state index contributed by atoms with van der Waals surface area (Å²) in [5.74, 6) is 1.88. The number of hydrogen-bond donors (Lipinski definition) is 3. The minimum absolute atomic E-state index is 0.122. The number of aliphatic hydroxyl groups is 1. The first-order chi connectivity index (χ1) is 12.2. The maximum absolute atomic E-state index is 9.19. The van der Waals surface area contributed by atoms with Crippen LogP contribution in [0.4, 0.5) is 11.8 Å². The molecule has 136 valence electrons. The number of nitrogens with one attached hydrogen (secondary N) is 1. The number of rotatable bonds is 10. The lowest BCUT2D eigenvalue weighted by Gasteiger charge is -2.17. The van der Waals surface area contributed by atoms with Gasteiger partial charge in [-0.2, -0.15) is 4.98 Å². The molecule has 6 nitrogen and oxygen atoms in total. The van der Waals surface area contributed by atoms with Crippen LogP contribution in [0.1, 0.15) is 43.0 Å². The zero-order valence-electron chi connectivity index (χ0n) is 15.1. The van der Waals surface area contributed by atoms with Crippen molar-refractivity contribution in [2.75, 3.05) is 31.3 Å². The lowest BCUT2D eigenvalue weighted by molar-refractivity contribution is 0.288. The summed E-state index contributed by atoms with van der Waals surface area (Å²) in [5.41, 5.74) is 8.87. The highest BCUT2D eigenvalue weighted by Gasteiger charge is 2.15. The van der Waals surface area contributed by atoms with Crippen LogP contribution in [0.25, 0.3) is 0 Å². The molecule has 2 rings (SSSR count). The van der Waals surface area contributed by atoms with E-state index in [1.54, 1.807) is 7.11 Å². The van der Waals surface area contributed by atoms with E-state index in [2.05, 4.69) is 22.2 Å². The van der Waals surface area contributed by atoms with Gasteiger partial charge in [-0.1, -0.05) is 31.5 Å². The first-order valence-electron chi connectivity index (χ1n) is 8.81. The molecule has 4 N–H and O–H groups in total. The summed E-state index contributed by atoms with van der Waals surface area (Å²) in [6.07, 6.45) is 4.12. The van der Waals surface area contributed by atoms with Crippen molar-refractivity contribution >= 4 is 11.8 Å². The Kier molecular flexibility index (Phi) is 7.47. The van der Waals surface area contributed by atoms with Crippen molar-refractivity contribution < 1.29 is 9.84 Å². The molecule has 25 heavy (non-hydrogen) atoms. The number of anilines is 2. The van der Waals surface area contributed by atoms with Crippen LogP contribution in [0, 0.1) is 0 Å². The van der Waals surface area contributed by atoms with E-state index in [1.165, 1.54) is 0 Å². The maximum atomic E-state index is 9.19. The number of ether oxygens (including phenoxy) is 1. The van der Waals surface area contributed by atoms with E-state index in [-0.39, 0.29) is 12.6 Å². The molecule has 0 spiro atoms. The summed E-state index contributed by atoms with van der Waals surface area (Å²) in [6, 6.07) is 7.94. The second kappa shape index (κ2) is 9.84. The molecule has 0 bridgehead atoms. The van der Waals surface area contributed by atoms with Crippen molar-refractivity contribution in [1.82, 2.24) is 9.97 Å². The molecule has 0 atom stereocenters. The number of aromatic nitrogens is 2. The van der Waals surface area contributed by atoms with E-state index in [4.69, 9.17) is 10.5 Å². The Bertz CT molecular complexity index is 676. The lowest BCUT2D eigenvalue weighted by Crippen LogP contribution is -2.13. The molecule has 1 heterocycles. The Morgan fingerprint density at radius 3 is 2.72 bits per heavy atom. The molecular weight excluding hydrogens is 316 g/mol.